The van der Waals surface area contributed by atoms with Gasteiger partial charge in [-0.3, -0.25) is 14.5 Å². The SMILES string of the molecule is CC(=O)NC[C@H]1CN(c2ccc(N3C[C@H]4CCCN(C(=O)CO)[C@H]4C3)c(F)c2)C(=O)O1. The maximum atomic E-state index is 15.0. The standard InChI is InChI=1S/C21H27FN4O5/c1-13(28)23-8-16-10-26(21(30)31-16)15-4-5-18(17(22)7-15)24-9-14-3-2-6-25(19(14)11-24)20(29)12-27/h4-5,7,14,16,19,27H,2-3,6,8-12H2,1H3,(H,23,28)/t14-,16+,19+/m1/s1. The summed E-state index contributed by atoms with van der Waals surface area (Å²) in [5.74, 6) is -0.704. The van der Waals surface area contributed by atoms with E-state index >= 15 is 4.39 Å². The van der Waals surface area contributed by atoms with Gasteiger partial charge >= 0.3 is 6.09 Å². The van der Waals surface area contributed by atoms with E-state index in [1.165, 1.54) is 17.9 Å². The van der Waals surface area contributed by atoms with Crippen molar-refractivity contribution in [1.82, 2.24) is 10.2 Å². The van der Waals surface area contributed by atoms with E-state index in [1.54, 1.807) is 17.0 Å². The fraction of sp³-hybridized carbons (Fsp3) is 0.571. The molecule has 3 amide bonds. The van der Waals surface area contributed by atoms with Gasteiger partial charge in [-0.2, -0.15) is 0 Å². The number of cyclic esters (lactones) is 1. The number of rotatable bonds is 5. The summed E-state index contributed by atoms with van der Waals surface area (Å²) in [6.45, 7) is 3.07. The summed E-state index contributed by atoms with van der Waals surface area (Å²) >= 11 is 0. The second kappa shape index (κ2) is 8.70. The fourth-order valence-electron chi connectivity index (χ4n) is 4.79. The van der Waals surface area contributed by atoms with Crippen LogP contribution >= 0.6 is 0 Å². The lowest BCUT2D eigenvalue weighted by atomic mass is 9.92. The van der Waals surface area contributed by atoms with Crippen molar-refractivity contribution in [1.29, 1.82) is 0 Å². The average molecular weight is 434 g/mol. The van der Waals surface area contributed by atoms with Crippen molar-refractivity contribution in [2.75, 3.05) is 49.1 Å². The highest BCUT2D eigenvalue weighted by Crippen LogP contribution is 2.36. The van der Waals surface area contributed by atoms with Gasteiger partial charge in [-0.1, -0.05) is 0 Å². The van der Waals surface area contributed by atoms with Crippen LogP contribution in [0.4, 0.5) is 20.6 Å². The number of nitrogens with one attached hydrogen (secondary N) is 1. The zero-order chi connectivity index (χ0) is 22.1. The molecule has 0 radical (unpaired) electrons. The first-order valence-electron chi connectivity index (χ1n) is 10.5. The molecule has 31 heavy (non-hydrogen) atoms. The molecule has 1 aromatic carbocycles. The van der Waals surface area contributed by atoms with Crippen LogP contribution in [0.3, 0.4) is 0 Å². The maximum Gasteiger partial charge on any atom is 0.414 e. The minimum Gasteiger partial charge on any atom is -0.442 e. The summed E-state index contributed by atoms with van der Waals surface area (Å²) in [5, 5.41) is 11.9. The molecule has 3 heterocycles. The number of fused-ring (bicyclic) bond motifs is 1. The number of piperidine rings is 1. The molecule has 0 bridgehead atoms. The first kappa shape index (κ1) is 21.4. The van der Waals surface area contributed by atoms with E-state index in [-0.39, 0.29) is 36.9 Å². The number of carbonyl (C=O) groups excluding carboxylic acids is 3. The number of benzene rings is 1. The Bertz CT molecular complexity index is 881. The number of aliphatic hydroxyl groups is 1. The number of ether oxygens (including phenoxy) is 1. The Morgan fingerprint density at radius 3 is 2.81 bits per heavy atom. The van der Waals surface area contributed by atoms with Crippen molar-refractivity contribution in [2.24, 2.45) is 5.92 Å². The van der Waals surface area contributed by atoms with Crippen LogP contribution in [0.1, 0.15) is 19.8 Å². The lowest BCUT2D eigenvalue weighted by Gasteiger charge is -2.36. The third kappa shape index (κ3) is 4.30. The third-order valence-corrected chi connectivity index (χ3v) is 6.27. The summed E-state index contributed by atoms with van der Waals surface area (Å²) in [6, 6.07) is 4.61. The summed E-state index contributed by atoms with van der Waals surface area (Å²) in [6.07, 6.45) is 0.772. The number of anilines is 2. The van der Waals surface area contributed by atoms with Gasteiger partial charge in [0, 0.05) is 26.6 Å². The van der Waals surface area contributed by atoms with Gasteiger partial charge in [-0.05, 0) is 37.0 Å². The van der Waals surface area contributed by atoms with Gasteiger partial charge < -0.3 is 25.0 Å². The van der Waals surface area contributed by atoms with Gasteiger partial charge in [0.15, 0.2) is 0 Å². The van der Waals surface area contributed by atoms with E-state index in [2.05, 4.69) is 5.32 Å². The highest BCUT2D eigenvalue weighted by molar-refractivity contribution is 5.90. The number of nitrogens with zero attached hydrogens (tertiary/aromatic N) is 3. The van der Waals surface area contributed by atoms with Crippen LogP contribution in [-0.2, 0) is 14.3 Å². The second-order valence-electron chi connectivity index (χ2n) is 8.31. The van der Waals surface area contributed by atoms with Crippen molar-refractivity contribution in [2.45, 2.75) is 31.9 Å². The molecule has 9 nitrogen and oxygen atoms in total. The smallest absolute Gasteiger partial charge is 0.414 e. The Balaban J connectivity index is 1.45. The number of hydrogen-bond acceptors (Lipinski definition) is 6. The first-order chi connectivity index (χ1) is 14.9. The summed E-state index contributed by atoms with van der Waals surface area (Å²) in [4.78, 5) is 40.3. The predicted molar refractivity (Wildman–Crippen MR) is 110 cm³/mol. The summed E-state index contributed by atoms with van der Waals surface area (Å²) in [7, 11) is 0. The Morgan fingerprint density at radius 1 is 1.29 bits per heavy atom. The fourth-order valence-corrected chi connectivity index (χ4v) is 4.79. The van der Waals surface area contributed by atoms with Crippen molar-refractivity contribution in [3.05, 3.63) is 24.0 Å². The zero-order valence-corrected chi connectivity index (χ0v) is 17.4. The largest absolute Gasteiger partial charge is 0.442 e. The highest BCUT2D eigenvalue weighted by atomic mass is 19.1. The van der Waals surface area contributed by atoms with Gasteiger partial charge in [-0.25, -0.2) is 9.18 Å². The molecule has 168 valence electrons. The number of amides is 3. The van der Waals surface area contributed by atoms with Crippen LogP contribution in [0.15, 0.2) is 18.2 Å². The van der Waals surface area contributed by atoms with Crippen molar-refractivity contribution in [3.8, 4) is 0 Å². The molecule has 4 rings (SSSR count). The van der Waals surface area contributed by atoms with Crippen molar-refractivity contribution < 1.29 is 28.6 Å². The number of hydrogen-bond donors (Lipinski definition) is 2. The molecule has 0 spiro atoms. The molecule has 0 saturated carbocycles. The van der Waals surface area contributed by atoms with Gasteiger partial charge in [0.05, 0.1) is 30.5 Å². The number of carbonyl (C=O) groups is 3. The average Bonchev–Trinajstić information content (AvgIpc) is 3.34. The molecular formula is C21H27FN4O5. The lowest BCUT2D eigenvalue weighted by molar-refractivity contribution is -0.138. The second-order valence-corrected chi connectivity index (χ2v) is 8.31. The Labute approximate surface area is 179 Å². The van der Waals surface area contributed by atoms with Gasteiger partial charge in [0.25, 0.3) is 0 Å². The molecule has 3 aliphatic rings. The first-order valence-corrected chi connectivity index (χ1v) is 10.5. The molecular weight excluding hydrogens is 407 g/mol. The van der Waals surface area contributed by atoms with E-state index in [9.17, 15) is 19.5 Å². The van der Waals surface area contributed by atoms with Crippen molar-refractivity contribution >= 4 is 29.3 Å². The molecule has 0 aliphatic carbocycles. The van der Waals surface area contributed by atoms with E-state index in [0.717, 1.165) is 12.8 Å². The van der Waals surface area contributed by atoms with E-state index in [0.29, 0.717) is 31.0 Å². The number of halogens is 1. The van der Waals surface area contributed by atoms with Gasteiger partial charge in [0.1, 0.15) is 18.5 Å². The van der Waals surface area contributed by atoms with Crippen LogP contribution < -0.4 is 15.1 Å². The summed E-state index contributed by atoms with van der Waals surface area (Å²) < 4.78 is 20.3. The molecule has 3 saturated heterocycles. The molecule has 2 N–H and O–H groups in total. The van der Waals surface area contributed by atoms with Gasteiger partial charge in [0.2, 0.25) is 11.8 Å². The monoisotopic (exact) mass is 434 g/mol. The Hall–Kier alpha value is -2.88. The molecule has 10 heteroatoms. The van der Waals surface area contributed by atoms with Crippen LogP contribution in [0.25, 0.3) is 0 Å². The Morgan fingerprint density at radius 2 is 2.10 bits per heavy atom. The minimum absolute atomic E-state index is 0.0319. The highest BCUT2D eigenvalue weighted by Gasteiger charge is 2.41. The van der Waals surface area contributed by atoms with Crippen LogP contribution in [0, 0.1) is 11.7 Å². The van der Waals surface area contributed by atoms with Crippen LogP contribution in [-0.4, -0.2) is 79.4 Å². The normalized spacial score (nSPS) is 25.5. The molecule has 0 unspecified atom stereocenters. The zero-order valence-electron chi connectivity index (χ0n) is 17.4. The molecule has 3 aliphatic heterocycles. The Kier molecular flexibility index (Phi) is 5.99. The van der Waals surface area contributed by atoms with Crippen LogP contribution in [0.2, 0.25) is 0 Å². The van der Waals surface area contributed by atoms with E-state index in [1.807, 2.05) is 4.90 Å². The van der Waals surface area contributed by atoms with Crippen LogP contribution in [0.5, 0.6) is 0 Å². The lowest BCUT2D eigenvalue weighted by Crippen LogP contribution is -2.49. The molecule has 0 aromatic heterocycles. The minimum atomic E-state index is -0.576. The predicted octanol–water partition coefficient (Wildman–Crippen LogP) is 0.706. The van der Waals surface area contributed by atoms with E-state index < -0.39 is 24.6 Å². The molecule has 3 atom stereocenters. The van der Waals surface area contributed by atoms with E-state index in [4.69, 9.17) is 4.74 Å². The quantitative estimate of drug-likeness (QED) is 0.708. The molecule has 3 fully saturated rings. The maximum absolute atomic E-state index is 15.0. The third-order valence-electron chi connectivity index (χ3n) is 6.27. The number of likely N-dealkylation sites (tertiary alicyclic amines) is 1. The van der Waals surface area contributed by atoms with Crippen molar-refractivity contribution in [3.63, 3.8) is 0 Å². The topological polar surface area (TPSA) is 102 Å². The summed E-state index contributed by atoms with van der Waals surface area (Å²) in [5.41, 5.74) is 0.821. The van der Waals surface area contributed by atoms with Gasteiger partial charge in [-0.15, -0.1) is 0 Å². The number of aliphatic hydroxyl groups excluding tert-OH is 1. The molecule has 1 aromatic rings.